The molecule has 2 heteroatoms. The maximum Gasteiger partial charge on any atom is 0.124 e. The lowest BCUT2D eigenvalue weighted by molar-refractivity contribution is 0.411. The van der Waals surface area contributed by atoms with Crippen LogP contribution in [0.15, 0.2) is 54.6 Å². The van der Waals surface area contributed by atoms with Crippen LogP contribution in [0, 0.1) is 13.8 Å². The summed E-state index contributed by atoms with van der Waals surface area (Å²) in [6, 6.07) is 19.0. The number of benzene rings is 3. The minimum absolute atomic E-state index is 0.744. The van der Waals surface area contributed by atoms with Crippen molar-refractivity contribution in [1.29, 1.82) is 0 Å². The van der Waals surface area contributed by atoms with E-state index >= 15 is 0 Å². The Morgan fingerprint density at radius 3 is 2.55 bits per heavy atom. The number of anilines is 1. The molecule has 0 aliphatic carbocycles. The fraction of sp³-hybridized carbons (Fsp3) is 0.200. The molecule has 3 aromatic carbocycles. The molecule has 0 aliphatic heterocycles. The average Bonchev–Trinajstić information content (AvgIpc) is 2.53. The molecular formula is C20H21NO. The Balaban J connectivity index is 1.95. The molecule has 0 heterocycles. The van der Waals surface area contributed by atoms with Crippen molar-refractivity contribution in [2.24, 2.45) is 0 Å². The first kappa shape index (κ1) is 14.5. The van der Waals surface area contributed by atoms with Crippen LogP contribution in [-0.2, 0) is 6.54 Å². The Labute approximate surface area is 131 Å². The summed E-state index contributed by atoms with van der Waals surface area (Å²) in [7, 11) is 1.73. The lowest BCUT2D eigenvalue weighted by atomic mass is 10.0. The molecule has 3 rings (SSSR count). The Morgan fingerprint density at radius 1 is 0.955 bits per heavy atom. The van der Waals surface area contributed by atoms with Gasteiger partial charge in [-0.2, -0.15) is 0 Å². The summed E-state index contributed by atoms with van der Waals surface area (Å²) >= 11 is 0. The molecule has 1 N–H and O–H groups in total. The van der Waals surface area contributed by atoms with Crippen molar-refractivity contribution in [1.82, 2.24) is 0 Å². The van der Waals surface area contributed by atoms with Crippen LogP contribution in [0.2, 0.25) is 0 Å². The Bertz CT molecular complexity index is 808. The lowest BCUT2D eigenvalue weighted by Crippen LogP contribution is -2.04. The quantitative estimate of drug-likeness (QED) is 0.724. The van der Waals surface area contributed by atoms with Gasteiger partial charge in [0.2, 0.25) is 0 Å². The van der Waals surface area contributed by atoms with Gasteiger partial charge in [0.15, 0.2) is 0 Å². The maximum absolute atomic E-state index is 5.55. The second kappa shape index (κ2) is 6.10. The zero-order valence-electron chi connectivity index (χ0n) is 13.3. The monoisotopic (exact) mass is 291 g/mol. The molecule has 112 valence electrons. The molecule has 0 aliphatic rings. The first-order valence-corrected chi connectivity index (χ1v) is 7.55. The third kappa shape index (κ3) is 2.77. The second-order valence-electron chi connectivity index (χ2n) is 5.64. The van der Waals surface area contributed by atoms with Gasteiger partial charge >= 0.3 is 0 Å². The molecule has 2 nitrogen and oxygen atoms in total. The summed E-state index contributed by atoms with van der Waals surface area (Å²) in [4.78, 5) is 0. The van der Waals surface area contributed by atoms with Gasteiger partial charge in [0.25, 0.3) is 0 Å². The molecule has 0 aromatic heterocycles. The standard InChI is InChI=1S/C20H21NO/c1-14-8-10-19(15(2)12-14)21-13-18-17-7-5-4-6-16(17)9-11-20(18)22-3/h4-12,21H,13H2,1-3H3. The number of ether oxygens (including phenoxy) is 1. The average molecular weight is 291 g/mol. The van der Waals surface area contributed by atoms with Crippen molar-refractivity contribution in [2.75, 3.05) is 12.4 Å². The number of hydrogen-bond acceptors (Lipinski definition) is 2. The van der Waals surface area contributed by atoms with Crippen molar-refractivity contribution >= 4 is 16.5 Å². The highest BCUT2D eigenvalue weighted by Gasteiger charge is 2.08. The summed E-state index contributed by atoms with van der Waals surface area (Å²) in [6.07, 6.45) is 0. The third-order valence-corrected chi connectivity index (χ3v) is 4.06. The topological polar surface area (TPSA) is 21.3 Å². The van der Waals surface area contributed by atoms with Gasteiger partial charge in [-0.05, 0) is 42.3 Å². The van der Waals surface area contributed by atoms with Crippen LogP contribution >= 0.6 is 0 Å². The van der Waals surface area contributed by atoms with Gasteiger partial charge in [-0.1, -0.05) is 48.0 Å². The van der Waals surface area contributed by atoms with Gasteiger partial charge in [0, 0.05) is 17.8 Å². The van der Waals surface area contributed by atoms with Gasteiger partial charge in [0.1, 0.15) is 5.75 Å². The summed E-state index contributed by atoms with van der Waals surface area (Å²) in [5, 5.41) is 6.02. The molecule has 0 saturated carbocycles. The zero-order valence-corrected chi connectivity index (χ0v) is 13.3. The molecule has 0 unspecified atom stereocenters. The van der Waals surface area contributed by atoms with E-state index in [0.717, 1.165) is 12.3 Å². The molecule has 0 atom stereocenters. The fourth-order valence-corrected chi connectivity index (χ4v) is 2.89. The van der Waals surface area contributed by atoms with Gasteiger partial charge in [-0.25, -0.2) is 0 Å². The number of aryl methyl sites for hydroxylation is 2. The predicted octanol–water partition coefficient (Wildman–Crippen LogP) is 5.08. The molecule has 0 spiro atoms. The van der Waals surface area contributed by atoms with Crippen LogP contribution in [0.3, 0.4) is 0 Å². The molecule has 0 saturated heterocycles. The number of rotatable bonds is 4. The van der Waals surface area contributed by atoms with Gasteiger partial charge < -0.3 is 10.1 Å². The fourth-order valence-electron chi connectivity index (χ4n) is 2.89. The molecule has 0 bridgehead atoms. The van der Waals surface area contributed by atoms with E-state index in [2.05, 4.69) is 67.7 Å². The van der Waals surface area contributed by atoms with Gasteiger partial charge in [-0.15, -0.1) is 0 Å². The largest absolute Gasteiger partial charge is 0.496 e. The van der Waals surface area contributed by atoms with Crippen molar-refractivity contribution in [3.63, 3.8) is 0 Å². The predicted molar refractivity (Wildman–Crippen MR) is 93.7 cm³/mol. The lowest BCUT2D eigenvalue weighted by Gasteiger charge is -2.15. The van der Waals surface area contributed by atoms with Crippen LogP contribution in [0.4, 0.5) is 5.69 Å². The van der Waals surface area contributed by atoms with Crippen LogP contribution < -0.4 is 10.1 Å². The van der Waals surface area contributed by atoms with Gasteiger partial charge in [0.05, 0.1) is 7.11 Å². The number of hydrogen-bond donors (Lipinski definition) is 1. The minimum atomic E-state index is 0.744. The van der Waals surface area contributed by atoms with Crippen molar-refractivity contribution in [3.05, 3.63) is 71.3 Å². The zero-order chi connectivity index (χ0) is 15.5. The minimum Gasteiger partial charge on any atom is -0.496 e. The summed E-state index contributed by atoms with van der Waals surface area (Å²) < 4.78 is 5.55. The summed E-state index contributed by atoms with van der Waals surface area (Å²) in [5.41, 5.74) is 4.91. The van der Waals surface area contributed by atoms with E-state index in [1.807, 2.05) is 6.07 Å². The van der Waals surface area contributed by atoms with E-state index in [1.54, 1.807) is 7.11 Å². The Hall–Kier alpha value is -2.48. The SMILES string of the molecule is COc1ccc2ccccc2c1CNc1ccc(C)cc1C. The Kier molecular flexibility index (Phi) is 4.01. The van der Waals surface area contributed by atoms with Gasteiger partial charge in [-0.3, -0.25) is 0 Å². The maximum atomic E-state index is 5.55. The van der Waals surface area contributed by atoms with E-state index in [4.69, 9.17) is 4.74 Å². The number of nitrogens with one attached hydrogen (secondary N) is 1. The van der Waals surface area contributed by atoms with Crippen LogP contribution in [-0.4, -0.2) is 7.11 Å². The van der Waals surface area contributed by atoms with E-state index < -0.39 is 0 Å². The first-order valence-electron chi connectivity index (χ1n) is 7.55. The van der Waals surface area contributed by atoms with Crippen molar-refractivity contribution in [3.8, 4) is 5.75 Å². The molecule has 3 aromatic rings. The third-order valence-electron chi connectivity index (χ3n) is 4.06. The second-order valence-corrected chi connectivity index (χ2v) is 5.64. The Morgan fingerprint density at radius 2 is 1.77 bits per heavy atom. The molecular weight excluding hydrogens is 270 g/mol. The number of methoxy groups -OCH3 is 1. The van der Waals surface area contributed by atoms with Crippen molar-refractivity contribution in [2.45, 2.75) is 20.4 Å². The number of fused-ring (bicyclic) bond motifs is 1. The smallest absolute Gasteiger partial charge is 0.124 e. The summed E-state index contributed by atoms with van der Waals surface area (Å²) in [6.45, 7) is 4.99. The highest BCUT2D eigenvalue weighted by Crippen LogP contribution is 2.29. The van der Waals surface area contributed by atoms with Crippen LogP contribution in [0.5, 0.6) is 5.75 Å². The van der Waals surface area contributed by atoms with Crippen LogP contribution in [0.1, 0.15) is 16.7 Å². The highest BCUT2D eigenvalue weighted by molar-refractivity contribution is 5.88. The van der Waals surface area contributed by atoms with E-state index in [-0.39, 0.29) is 0 Å². The molecule has 0 fully saturated rings. The first-order chi connectivity index (χ1) is 10.7. The normalized spacial score (nSPS) is 10.7. The van der Waals surface area contributed by atoms with Crippen LogP contribution in [0.25, 0.3) is 10.8 Å². The summed E-state index contributed by atoms with van der Waals surface area (Å²) in [5.74, 6) is 0.927. The van der Waals surface area contributed by atoms with Crippen molar-refractivity contribution < 1.29 is 4.74 Å². The molecule has 22 heavy (non-hydrogen) atoms. The van der Waals surface area contributed by atoms with E-state index in [1.165, 1.54) is 33.2 Å². The molecule has 0 amide bonds. The highest BCUT2D eigenvalue weighted by atomic mass is 16.5. The molecule has 0 radical (unpaired) electrons. The van der Waals surface area contributed by atoms with E-state index in [9.17, 15) is 0 Å². The van der Waals surface area contributed by atoms with E-state index in [0.29, 0.717) is 0 Å².